The van der Waals surface area contributed by atoms with E-state index in [0.717, 1.165) is 17.7 Å². The molecular formula is C11H20N4O. The van der Waals surface area contributed by atoms with Crippen LogP contribution in [0.1, 0.15) is 37.1 Å². The summed E-state index contributed by atoms with van der Waals surface area (Å²) in [4.78, 5) is 11.5. The molecule has 90 valence electrons. The van der Waals surface area contributed by atoms with Crippen molar-refractivity contribution in [3.8, 4) is 0 Å². The number of amides is 1. The average molecular weight is 224 g/mol. The minimum Gasteiger partial charge on any atom is -0.349 e. The van der Waals surface area contributed by atoms with Crippen molar-refractivity contribution in [2.24, 2.45) is 12.8 Å². The van der Waals surface area contributed by atoms with Crippen molar-refractivity contribution in [3.63, 3.8) is 0 Å². The fraction of sp³-hybridized carbons (Fsp3) is 0.636. The van der Waals surface area contributed by atoms with E-state index in [9.17, 15) is 4.79 Å². The Hall–Kier alpha value is -1.36. The van der Waals surface area contributed by atoms with Gasteiger partial charge in [-0.1, -0.05) is 0 Å². The molecule has 0 spiro atoms. The van der Waals surface area contributed by atoms with Crippen molar-refractivity contribution in [2.45, 2.75) is 32.7 Å². The van der Waals surface area contributed by atoms with Crippen LogP contribution in [-0.4, -0.2) is 22.2 Å². The quantitative estimate of drug-likeness (QED) is 0.771. The van der Waals surface area contributed by atoms with Gasteiger partial charge in [-0.05, 0) is 26.8 Å². The van der Waals surface area contributed by atoms with Crippen LogP contribution in [0.25, 0.3) is 0 Å². The van der Waals surface area contributed by atoms with Gasteiger partial charge in [-0.15, -0.1) is 0 Å². The molecule has 0 fully saturated rings. The number of nitrogens with zero attached hydrogens (tertiary/aromatic N) is 2. The highest BCUT2D eigenvalue weighted by atomic mass is 16.1. The lowest BCUT2D eigenvalue weighted by molar-refractivity contribution is -0.121. The maximum Gasteiger partial charge on any atom is 0.220 e. The molecule has 0 aliphatic heterocycles. The monoisotopic (exact) mass is 224 g/mol. The lowest BCUT2D eigenvalue weighted by Crippen LogP contribution is -2.27. The van der Waals surface area contributed by atoms with Gasteiger partial charge in [0.1, 0.15) is 0 Å². The molecule has 1 amide bonds. The Balaban J connectivity index is 2.55. The van der Waals surface area contributed by atoms with Crippen LogP contribution < -0.4 is 11.1 Å². The van der Waals surface area contributed by atoms with E-state index in [1.54, 1.807) is 4.68 Å². The molecule has 0 aromatic carbocycles. The number of carbonyl (C=O) groups excluding carboxylic acids is 1. The molecular weight excluding hydrogens is 204 g/mol. The second-order valence-electron chi connectivity index (χ2n) is 4.02. The Morgan fingerprint density at radius 2 is 2.38 bits per heavy atom. The second kappa shape index (κ2) is 5.65. The van der Waals surface area contributed by atoms with E-state index in [-0.39, 0.29) is 11.9 Å². The van der Waals surface area contributed by atoms with Gasteiger partial charge in [0.2, 0.25) is 5.91 Å². The summed E-state index contributed by atoms with van der Waals surface area (Å²) in [5, 5.41) is 7.18. The van der Waals surface area contributed by atoms with Crippen LogP contribution in [0.4, 0.5) is 0 Å². The van der Waals surface area contributed by atoms with Gasteiger partial charge in [0.25, 0.3) is 0 Å². The lowest BCUT2D eigenvalue weighted by Gasteiger charge is -2.12. The summed E-state index contributed by atoms with van der Waals surface area (Å²) in [5.41, 5.74) is 7.36. The third-order valence-corrected chi connectivity index (χ3v) is 2.50. The highest BCUT2D eigenvalue weighted by Gasteiger charge is 2.13. The first-order valence-electron chi connectivity index (χ1n) is 5.54. The van der Waals surface area contributed by atoms with Gasteiger partial charge >= 0.3 is 0 Å². The molecule has 0 aliphatic rings. The number of nitrogens with one attached hydrogen (secondary N) is 1. The maximum atomic E-state index is 11.5. The molecule has 5 nitrogen and oxygen atoms in total. The largest absolute Gasteiger partial charge is 0.349 e. The number of hydrogen-bond donors (Lipinski definition) is 2. The van der Waals surface area contributed by atoms with Crippen molar-refractivity contribution >= 4 is 5.91 Å². The van der Waals surface area contributed by atoms with Gasteiger partial charge in [-0.3, -0.25) is 9.48 Å². The van der Waals surface area contributed by atoms with Crippen molar-refractivity contribution in [1.82, 2.24) is 15.1 Å². The summed E-state index contributed by atoms with van der Waals surface area (Å²) in [7, 11) is 1.87. The highest BCUT2D eigenvalue weighted by Crippen LogP contribution is 2.15. The van der Waals surface area contributed by atoms with Crippen LogP contribution in [0.3, 0.4) is 0 Å². The summed E-state index contributed by atoms with van der Waals surface area (Å²) in [6.07, 6.45) is 3.15. The van der Waals surface area contributed by atoms with E-state index < -0.39 is 0 Å². The van der Waals surface area contributed by atoms with Gasteiger partial charge in [0.05, 0.1) is 11.7 Å². The van der Waals surface area contributed by atoms with Gasteiger partial charge < -0.3 is 11.1 Å². The maximum absolute atomic E-state index is 11.5. The minimum absolute atomic E-state index is 0.000950. The SMILES string of the molecule is Cc1nn(C)cc1C(C)NC(=O)CCCN. The minimum atomic E-state index is -0.000950. The molecule has 0 bridgehead atoms. The van der Waals surface area contributed by atoms with Gasteiger partial charge in [-0.2, -0.15) is 5.10 Å². The molecule has 0 radical (unpaired) electrons. The summed E-state index contributed by atoms with van der Waals surface area (Å²) in [6.45, 7) is 4.45. The highest BCUT2D eigenvalue weighted by molar-refractivity contribution is 5.76. The molecule has 1 heterocycles. The Bertz CT molecular complexity index is 359. The fourth-order valence-corrected chi connectivity index (χ4v) is 1.70. The Morgan fingerprint density at radius 3 is 2.88 bits per heavy atom. The smallest absolute Gasteiger partial charge is 0.220 e. The number of aryl methyl sites for hydroxylation is 2. The van der Waals surface area contributed by atoms with E-state index in [0.29, 0.717) is 13.0 Å². The van der Waals surface area contributed by atoms with Gasteiger partial charge in [-0.25, -0.2) is 0 Å². The third-order valence-electron chi connectivity index (χ3n) is 2.50. The predicted octanol–water partition coefficient (Wildman–Crippen LogP) is 0.645. The first-order chi connectivity index (χ1) is 7.54. The average Bonchev–Trinajstić information content (AvgIpc) is 2.54. The summed E-state index contributed by atoms with van der Waals surface area (Å²) >= 11 is 0. The van der Waals surface area contributed by atoms with Crippen LogP contribution in [0.15, 0.2) is 6.20 Å². The zero-order chi connectivity index (χ0) is 12.1. The third kappa shape index (κ3) is 3.34. The van der Waals surface area contributed by atoms with Crippen LogP contribution >= 0.6 is 0 Å². The number of aromatic nitrogens is 2. The summed E-state index contributed by atoms with van der Waals surface area (Å²) < 4.78 is 1.76. The van der Waals surface area contributed by atoms with Crippen LogP contribution in [-0.2, 0) is 11.8 Å². The van der Waals surface area contributed by atoms with Crippen LogP contribution in [0, 0.1) is 6.92 Å². The standard InChI is InChI=1S/C11H20N4O/c1-8(13-11(16)5-4-6-12)10-7-15(3)14-9(10)2/h7-8H,4-6,12H2,1-3H3,(H,13,16). The van der Waals surface area contributed by atoms with Crippen LogP contribution in [0.2, 0.25) is 0 Å². The van der Waals surface area contributed by atoms with Crippen LogP contribution in [0.5, 0.6) is 0 Å². The van der Waals surface area contributed by atoms with Gasteiger partial charge in [0, 0.05) is 25.2 Å². The van der Waals surface area contributed by atoms with E-state index >= 15 is 0 Å². The van der Waals surface area contributed by atoms with Crippen molar-refractivity contribution in [2.75, 3.05) is 6.54 Å². The van der Waals surface area contributed by atoms with E-state index in [4.69, 9.17) is 5.73 Å². The van der Waals surface area contributed by atoms with Crippen molar-refractivity contribution in [1.29, 1.82) is 0 Å². The molecule has 0 saturated heterocycles. The van der Waals surface area contributed by atoms with E-state index in [1.165, 1.54) is 0 Å². The number of rotatable bonds is 5. The zero-order valence-corrected chi connectivity index (χ0v) is 10.2. The zero-order valence-electron chi connectivity index (χ0n) is 10.2. The molecule has 1 unspecified atom stereocenters. The molecule has 1 aromatic rings. The molecule has 0 aliphatic carbocycles. The lowest BCUT2D eigenvalue weighted by atomic mass is 10.1. The van der Waals surface area contributed by atoms with E-state index in [1.807, 2.05) is 27.1 Å². The van der Waals surface area contributed by atoms with Crippen molar-refractivity contribution in [3.05, 3.63) is 17.5 Å². The number of nitrogens with two attached hydrogens (primary N) is 1. The molecule has 16 heavy (non-hydrogen) atoms. The number of carbonyl (C=O) groups is 1. The normalized spacial score (nSPS) is 12.5. The van der Waals surface area contributed by atoms with Gasteiger partial charge in [0.15, 0.2) is 0 Å². The number of hydrogen-bond acceptors (Lipinski definition) is 3. The Kier molecular flexibility index (Phi) is 4.49. The Morgan fingerprint density at radius 1 is 1.69 bits per heavy atom. The Labute approximate surface area is 96.0 Å². The second-order valence-corrected chi connectivity index (χ2v) is 4.02. The molecule has 1 aromatic heterocycles. The predicted molar refractivity (Wildman–Crippen MR) is 62.8 cm³/mol. The molecule has 0 saturated carbocycles. The molecule has 5 heteroatoms. The molecule has 3 N–H and O–H groups in total. The van der Waals surface area contributed by atoms with Crippen molar-refractivity contribution < 1.29 is 4.79 Å². The molecule has 1 rings (SSSR count). The summed E-state index contributed by atoms with van der Waals surface area (Å²) in [6, 6.07) is -0.000950. The topological polar surface area (TPSA) is 72.9 Å². The first kappa shape index (κ1) is 12.7. The fourth-order valence-electron chi connectivity index (χ4n) is 1.70. The summed E-state index contributed by atoms with van der Waals surface area (Å²) in [5.74, 6) is 0.0428. The first-order valence-corrected chi connectivity index (χ1v) is 5.54. The van der Waals surface area contributed by atoms with E-state index in [2.05, 4.69) is 10.4 Å². The molecule has 1 atom stereocenters.